The topological polar surface area (TPSA) is 57.7 Å². The molecule has 0 saturated carbocycles. The molecule has 0 atom stereocenters. The summed E-state index contributed by atoms with van der Waals surface area (Å²) >= 11 is 1.54. The van der Waals surface area contributed by atoms with Gasteiger partial charge in [0.15, 0.2) is 0 Å². The Labute approximate surface area is 159 Å². The van der Waals surface area contributed by atoms with E-state index in [1.54, 1.807) is 40.5 Å². The van der Waals surface area contributed by atoms with Gasteiger partial charge in [-0.25, -0.2) is 8.42 Å². The number of sulfonamides is 1. The summed E-state index contributed by atoms with van der Waals surface area (Å²) in [7, 11) is -3.50. The molecule has 26 heavy (non-hydrogen) atoms. The second kappa shape index (κ2) is 7.50. The van der Waals surface area contributed by atoms with Crippen LogP contribution in [0, 0.1) is 13.8 Å². The van der Waals surface area contributed by atoms with E-state index in [0.717, 1.165) is 22.4 Å². The standard InChI is InChI=1S/C19H24N2O3S2/c1-4-17-15(3)13-18(25-17)19(22)20-9-11-21(12-10-20)26(23,24)16-7-5-14(2)6-8-16/h5-8,13H,4,9-12H2,1-3H3. The van der Waals surface area contributed by atoms with Gasteiger partial charge in [0.1, 0.15) is 0 Å². The lowest BCUT2D eigenvalue weighted by Crippen LogP contribution is -2.50. The Bertz CT molecular complexity index is 893. The summed E-state index contributed by atoms with van der Waals surface area (Å²) in [5, 5.41) is 0. The van der Waals surface area contributed by atoms with Crippen LogP contribution in [0.4, 0.5) is 0 Å². The zero-order valence-electron chi connectivity index (χ0n) is 15.4. The smallest absolute Gasteiger partial charge is 0.264 e. The third-order valence-electron chi connectivity index (χ3n) is 4.74. The molecule has 3 rings (SSSR count). The Morgan fingerprint density at radius 1 is 1.08 bits per heavy atom. The predicted octanol–water partition coefficient (Wildman–Crippen LogP) is 3.07. The maximum Gasteiger partial charge on any atom is 0.264 e. The average molecular weight is 393 g/mol. The molecule has 140 valence electrons. The number of thiophene rings is 1. The van der Waals surface area contributed by atoms with Gasteiger partial charge in [-0.15, -0.1) is 11.3 Å². The van der Waals surface area contributed by atoms with Crippen molar-refractivity contribution < 1.29 is 13.2 Å². The van der Waals surface area contributed by atoms with Crippen molar-refractivity contribution in [2.45, 2.75) is 32.1 Å². The molecule has 1 aliphatic heterocycles. The molecule has 0 radical (unpaired) electrons. The van der Waals surface area contributed by atoms with Gasteiger partial charge >= 0.3 is 0 Å². The molecular formula is C19H24N2O3S2. The van der Waals surface area contributed by atoms with Crippen LogP contribution in [-0.4, -0.2) is 49.7 Å². The molecule has 2 heterocycles. The van der Waals surface area contributed by atoms with Gasteiger partial charge in [-0.05, 0) is 44.0 Å². The van der Waals surface area contributed by atoms with Gasteiger partial charge in [0.25, 0.3) is 5.91 Å². The van der Waals surface area contributed by atoms with E-state index in [1.165, 1.54) is 9.18 Å². The summed E-state index contributed by atoms with van der Waals surface area (Å²) in [6.07, 6.45) is 0.923. The highest BCUT2D eigenvalue weighted by molar-refractivity contribution is 7.89. The van der Waals surface area contributed by atoms with Crippen molar-refractivity contribution in [1.82, 2.24) is 9.21 Å². The van der Waals surface area contributed by atoms with E-state index in [1.807, 2.05) is 19.9 Å². The van der Waals surface area contributed by atoms with Gasteiger partial charge in [0.2, 0.25) is 10.0 Å². The zero-order valence-corrected chi connectivity index (χ0v) is 17.0. The van der Waals surface area contributed by atoms with Gasteiger partial charge in [0, 0.05) is 31.1 Å². The molecule has 0 N–H and O–H groups in total. The minimum Gasteiger partial charge on any atom is -0.335 e. The number of amides is 1. The molecule has 5 nitrogen and oxygen atoms in total. The number of rotatable bonds is 4. The van der Waals surface area contributed by atoms with E-state index in [9.17, 15) is 13.2 Å². The molecule has 1 saturated heterocycles. The number of aryl methyl sites for hydroxylation is 3. The first-order chi connectivity index (χ1) is 12.3. The summed E-state index contributed by atoms with van der Waals surface area (Å²) in [5.74, 6) is 0.00480. The molecule has 0 unspecified atom stereocenters. The van der Waals surface area contributed by atoms with Crippen molar-refractivity contribution in [2.75, 3.05) is 26.2 Å². The summed E-state index contributed by atoms with van der Waals surface area (Å²) in [5.41, 5.74) is 2.18. The van der Waals surface area contributed by atoms with Gasteiger partial charge in [-0.1, -0.05) is 24.6 Å². The quantitative estimate of drug-likeness (QED) is 0.803. The number of piperazine rings is 1. The van der Waals surface area contributed by atoms with E-state index in [2.05, 4.69) is 6.92 Å². The molecule has 1 aliphatic rings. The van der Waals surface area contributed by atoms with Crippen molar-refractivity contribution in [3.8, 4) is 0 Å². The van der Waals surface area contributed by atoms with E-state index in [4.69, 9.17) is 0 Å². The van der Waals surface area contributed by atoms with Crippen molar-refractivity contribution in [2.24, 2.45) is 0 Å². The second-order valence-corrected chi connectivity index (χ2v) is 9.65. The highest BCUT2D eigenvalue weighted by Gasteiger charge is 2.30. The van der Waals surface area contributed by atoms with Gasteiger partial charge in [0.05, 0.1) is 9.77 Å². The fourth-order valence-corrected chi connectivity index (χ4v) is 5.63. The fraction of sp³-hybridized carbons (Fsp3) is 0.421. The molecule has 1 aromatic heterocycles. The highest BCUT2D eigenvalue weighted by atomic mass is 32.2. The van der Waals surface area contributed by atoms with Crippen LogP contribution in [0.5, 0.6) is 0 Å². The molecule has 1 amide bonds. The molecule has 0 bridgehead atoms. The van der Waals surface area contributed by atoms with Crippen LogP contribution in [0.2, 0.25) is 0 Å². The van der Waals surface area contributed by atoms with E-state index < -0.39 is 10.0 Å². The summed E-state index contributed by atoms with van der Waals surface area (Å²) in [6.45, 7) is 7.53. The van der Waals surface area contributed by atoms with Crippen LogP contribution < -0.4 is 0 Å². The first kappa shape index (κ1) is 19.1. The van der Waals surface area contributed by atoms with Crippen molar-refractivity contribution in [3.63, 3.8) is 0 Å². The van der Waals surface area contributed by atoms with Gasteiger partial charge in [-0.2, -0.15) is 4.31 Å². The number of carbonyl (C=O) groups is 1. The van der Waals surface area contributed by atoms with Crippen molar-refractivity contribution in [1.29, 1.82) is 0 Å². The lowest BCUT2D eigenvalue weighted by atomic mass is 10.2. The summed E-state index contributed by atoms with van der Waals surface area (Å²) < 4.78 is 27.0. The average Bonchev–Trinajstić information content (AvgIpc) is 3.02. The van der Waals surface area contributed by atoms with Crippen molar-refractivity contribution in [3.05, 3.63) is 51.2 Å². The van der Waals surface area contributed by atoms with Crippen LogP contribution in [0.3, 0.4) is 0 Å². The zero-order chi connectivity index (χ0) is 18.9. The molecule has 1 fully saturated rings. The minimum absolute atomic E-state index is 0.00480. The normalized spacial score (nSPS) is 16.0. The van der Waals surface area contributed by atoms with Crippen molar-refractivity contribution >= 4 is 27.3 Å². The number of hydrogen-bond acceptors (Lipinski definition) is 4. The molecule has 0 spiro atoms. The number of nitrogens with zero attached hydrogens (tertiary/aromatic N) is 2. The Hall–Kier alpha value is -1.70. The van der Waals surface area contributed by atoms with Crippen LogP contribution in [0.15, 0.2) is 35.2 Å². The predicted molar refractivity (Wildman–Crippen MR) is 104 cm³/mol. The van der Waals surface area contributed by atoms with Crippen LogP contribution >= 0.6 is 11.3 Å². The monoisotopic (exact) mass is 392 g/mol. The Morgan fingerprint density at radius 2 is 1.69 bits per heavy atom. The molecule has 0 aliphatic carbocycles. The first-order valence-electron chi connectivity index (χ1n) is 8.78. The van der Waals surface area contributed by atoms with Crippen LogP contribution in [0.1, 0.15) is 32.6 Å². The lowest BCUT2D eigenvalue weighted by Gasteiger charge is -2.33. The maximum absolute atomic E-state index is 12.8. The maximum atomic E-state index is 12.8. The molecular weight excluding hydrogens is 368 g/mol. The number of carbonyl (C=O) groups excluding carboxylic acids is 1. The SMILES string of the molecule is CCc1sc(C(=O)N2CCN(S(=O)(=O)c3ccc(C)cc3)CC2)cc1C. The van der Waals surface area contributed by atoms with Crippen LogP contribution in [-0.2, 0) is 16.4 Å². The molecule has 2 aromatic rings. The summed E-state index contributed by atoms with van der Waals surface area (Å²) in [6, 6.07) is 8.83. The Kier molecular flexibility index (Phi) is 5.50. The highest BCUT2D eigenvalue weighted by Crippen LogP contribution is 2.25. The first-order valence-corrected chi connectivity index (χ1v) is 11.0. The third kappa shape index (κ3) is 3.70. The number of hydrogen-bond donors (Lipinski definition) is 0. The minimum atomic E-state index is -3.50. The second-order valence-electron chi connectivity index (χ2n) is 6.58. The van der Waals surface area contributed by atoms with E-state index in [0.29, 0.717) is 31.1 Å². The third-order valence-corrected chi connectivity index (χ3v) is 8.02. The van der Waals surface area contributed by atoms with Crippen LogP contribution in [0.25, 0.3) is 0 Å². The fourth-order valence-electron chi connectivity index (χ4n) is 3.12. The Balaban J connectivity index is 1.68. The van der Waals surface area contributed by atoms with Gasteiger partial charge in [-0.3, -0.25) is 4.79 Å². The van der Waals surface area contributed by atoms with Gasteiger partial charge < -0.3 is 4.90 Å². The largest absolute Gasteiger partial charge is 0.335 e. The molecule has 7 heteroatoms. The van der Waals surface area contributed by atoms with E-state index in [-0.39, 0.29) is 5.91 Å². The lowest BCUT2D eigenvalue weighted by molar-refractivity contribution is 0.0702. The Morgan fingerprint density at radius 3 is 2.23 bits per heavy atom. The molecule has 1 aromatic carbocycles. The van der Waals surface area contributed by atoms with E-state index >= 15 is 0 Å². The number of benzene rings is 1. The summed E-state index contributed by atoms with van der Waals surface area (Å²) in [4.78, 5) is 16.8.